The molecule has 1 aliphatic heterocycles. The summed E-state index contributed by atoms with van der Waals surface area (Å²) in [6.45, 7) is 2.11. The van der Waals surface area contributed by atoms with Gasteiger partial charge in [-0.3, -0.25) is 9.69 Å². The summed E-state index contributed by atoms with van der Waals surface area (Å²) in [7, 11) is 0. The van der Waals surface area contributed by atoms with Crippen molar-refractivity contribution in [3.8, 4) is 0 Å². The SMILES string of the molecule is O=c1[nH]cnc2c(CN3CC(O)C(CSc4ccc(Cl)cc4)C3)c[nH]c12. The van der Waals surface area contributed by atoms with Crippen LogP contribution in [0.2, 0.25) is 5.02 Å². The van der Waals surface area contributed by atoms with E-state index in [-0.39, 0.29) is 17.6 Å². The number of aromatic nitrogens is 3. The van der Waals surface area contributed by atoms with Crippen LogP contribution in [0.15, 0.2) is 46.5 Å². The largest absolute Gasteiger partial charge is 0.391 e. The molecule has 3 aromatic rings. The molecule has 0 saturated carbocycles. The molecule has 0 aliphatic carbocycles. The zero-order valence-corrected chi connectivity index (χ0v) is 15.6. The van der Waals surface area contributed by atoms with Gasteiger partial charge in [-0.25, -0.2) is 4.98 Å². The Labute approximate surface area is 159 Å². The normalized spacial score (nSPS) is 20.8. The number of β-amino-alcohol motifs (C(OH)–C–C–N with tert-alkyl or cyclic N) is 1. The van der Waals surface area contributed by atoms with Crippen molar-refractivity contribution in [1.29, 1.82) is 0 Å². The van der Waals surface area contributed by atoms with Gasteiger partial charge in [0.2, 0.25) is 0 Å². The lowest BCUT2D eigenvalue weighted by atomic mass is 10.1. The van der Waals surface area contributed by atoms with Crippen LogP contribution in [0.5, 0.6) is 0 Å². The van der Waals surface area contributed by atoms with Crippen LogP contribution in [-0.2, 0) is 6.54 Å². The number of thioether (sulfide) groups is 1. The first kappa shape index (κ1) is 17.6. The maximum atomic E-state index is 11.8. The van der Waals surface area contributed by atoms with Gasteiger partial charge in [-0.15, -0.1) is 11.8 Å². The van der Waals surface area contributed by atoms with Crippen molar-refractivity contribution in [3.05, 3.63) is 57.7 Å². The first-order chi connectivity index (χ1) is 12.6. The fourth-order valence-electron chi connectivity index (χ4n) is 3.33. The Morgan fingerprint density at radius 3 is 2.88 bits per heavy atom. The summed E-state index contributed by atoms with van der Waals surface area (Å²) in [4.78, 5) is 25.0. The molecule has 1 saturated heterocycles. The molecule has 0 bridgehead atoms. The highest BCUT2D eigenvalue weighted by atomic mass is 35.5. The summed E-state index contributed by atoms with van der Waals surface area (Å²) in [5, 5.41) is 11.1. The first-order valence-corrected chi connectivity index (χ1v) is 9.79. The molecule has 0 spiro atoms. The van der Waals surface area contributed by atoms with E-state index in [4.69, 9.17) is 11.6 Å². The highest BCUT2D eigenvalue weighted by molar-refractivity contribution is 7.99. The molecule has 8 heteroatoms. The van der Waals surface area contributed by atoms with E-state index in [1.807, 2.05) is 30.5 Å². The summed E-state index contributed by atoms with van der Waals surface area (Å²) in [5.41, 5.74) is 2.00. The van der Waals surface area contributed by atoms with E-state index in [0.29, 0.717) is 24.1 Å². The molecule has 26 heavy (non-hydrogen) atoms. The number of aliphatic hydroxyl groups is 1. The molecule has 6 nitrogen and oxygen atoms in total. The lowest BCUT2D eigenvalue weighted by Gasteiger charge is -2.15. The number of aliphatic hydroxyl groups excluding tert-OH is 1. The summed E-state index contributed by atoms with van der Waals surface area (Å²) >= 11 is 7.65. The van der Waals surface area contributed by atoms with Crippen molar-refractivity contribution in [3.63, 3.8) is 0 Å². The lowest BCUT2D eigenvalue weighted by molar-refractivity contribution is 0.149. The minimum absolute atomic E-state index is 0.167. The van der Waals surface area contributed by atoms with Gasteiger partial charge in [0.05, 0.1) is 17.9 Å². The molecular weight excluding hydrogens is 372 g/mol. The van der Waals surface area contributed by atoms with E-state index in [1.54, 1.807) is 11.8 Å². The van der Waals surface area contributed by atoms with E-state index in [2.05, 4.69) is 19.9 Å². The van der Waals surface area contributed by atoms with Crippen LogP contribution in [0, 0.1) is 5.92 Å². The van der Waals surface area contributed by atoms with Gasteiger partial charge in [0.1, 0.15) is 5.52 Å². The summed E-state index contributed by atoms with van der Waals surface area (Å²) < 4.78 is 0. The Bertz CT molecular complexity index is 956. The van der Waals surface area contributed by atoms with Gasteiger partial charge >= 0.3 is 0 Å². The number of halogens is 1. The number of aromatic amines is 2. The molecule has 1 aliphatic rings. The Morgan fingerprint density at radius 1 is 1.27 bits per heavy atom. The topological polar surface area (TPSA) is 85.0 Å². The molecule has 2 unspecified atom stereocenters. The van der Waals surface area contributed by atoms with Crippen LogP contribution < -0.4 is 5.56 Å². The summed E-state index contributed by atoms with van der Waals surface area (Å²) in [6.07, 6.45) is 2.90. The minimum Gasteiger partial charge on any atom is -0.391 e. The highest BCUT2D eigenvalue weighted by Crippen LogP contribution is 2.28. The molecule has 0 amide bonds. The van der Waals surface area contributed by atoms with Crippen LogP contribution in [-0.4, -0.2) is 49.9 Å². The van der Waals surface area contributed by atoms with Crippen molar-refractivity contribution in [2.24, 2.45) is 5.92 Å². The van der Waals surface area contributed by atoms with E-state index in [0.717, 1.165) is 27.8 Å². The molecule has 3 N–H and O–H groups in total. The predicted molar refractivity (Wildman–Crippen MR) is 104 cm³/mol. The molecular formula is C18H19ClN4O2S. The van der Waals surface area contributed by atoms with Gasteiger partial charge in [-0.1, -0.05) is 11.6 Å². The van der Waals surface area contributed by atoms with Crippen LogP contribution in [0.25, 0.3) is 11.0 Å². The molecule has 0 radical (unpaired) electrons. The smallest absolute Gasteiger partial charge is 0.275 e. The van der Waals surface area contributed by atoms with E-state index < -0.39 is 0 Å². The van der Waals surface area contributed by atoms with Crippen LogP contribution in [0.4, 0.5) is 0 Å². The van der Waals surface area contributed by atoms with Crippen molar-refractivity contribution in [1.82, 2.24) is 19.9 Å². The molecule has 2 atom stereocenters. The highest BCUT2D eigenvalue weighted by Gasteiger charge is 2.31. The quantitative estimate of drug-likeness (QED) is 0.583. The third kappa shape index (κ3) is 3.66. The predicted octanol–water partition coefficient (Wildman–Crippen LogP) is 2.49. The van der Waals surface area contributed by atoms with Crippen LogP contribution in [0.1, 0.15) is 5.56 Å². The van der Waals surface area contributed by atoms with E-state index >= 15 is 0 Å². The number of nitrogens with one attached hydrogen (secondary N) is 2. The number of benzene rings is 1. The van der Waals surface area contributed by atoms with Gasteiger partial charge in [-0.2, -0.15) is 0 Å². The number of H-pyrrole nitrogens is 2. The van der Waals surface area contributed by atoms with Gasteiger partial charge in [-0.05, 0) is 24.3 Å². The fraction of sp³-hybridized carbons (Fsp3) is 0.333. The number of likely N-dealkylation sites (tertiary alicyclic amines) is 1. The Kier molecular flexibility index (Phi) is 5.04. The third-order valence-corrected chi connectivity index (χ3v) is 6.15. The molecule has 3 heterocycles. The molecule has 2 aromatic heterocycles. The van der Waals surface area contributed by atoms with E-state index in [9.17, 15) is 9.90 Å². The van der Waals surface area contributed by atoms with E-state index in [1.165, 1.54) is 6.33 Å². The molecule has 4 rings (SSSR count). The summed E-state index contributed by atoms with van der Waals surface area (Å²) in [5.74, 6) is 1.06. The number of fused-ring (bicyclic) bond motifs is 1. The monoisotopic (exact) mass is 390 g/mol. The van der Waals surface area contributed by atoms with Crippen LogP contribution in [0.3, 0.4) is 0 Å². The zero-order valence-electron chi connectivity index (χ0n) is 14.0. The lowest BCUT2D eigenvalue weighted by Crippen LogP contribution is -2.21. The first-order valence-electron chi connectivity index (χ1n) is 8.42. The summed E-state index contributed by atoms with van der Waals surface area (Å²) in [6, 6.07) is 7.77. The number of hydrogen-bond acceptors (Lipinski definition) is 5. The standard InChI is InChI=1S/C18H19ClN4O2S/c19-13-1-3-14(4-2-13)26-9-12-7-23(8-15(12)24)6-11-5-20-17-16(11)21-10-22-18(17)25/h1-5,10,12,15,20,24H,6-9H2,(H,21,22,25). The van der Waals surface area contributed by atoms with Crippen LogP contribution >= 0.6 is 23.4 Å². The van der Waals surface area contributed by atoms with Crippen molar-refractivity contribution >= 4 is 34.4 Å². The Balaban J connectivity index is 1.39. The van der Waals surface area contributed by atoms with Crippen molar-refractivity contribution in [2.75, 3.05) is 18.8 Å². The Hall–Kier alpha value is -1.80. The third-order valence-electron chi connectivity index (χ3n) is 4.70. The van der Waals surface area contributed by atoms with Gasteiger partial charge in [0.25, 0.3) is 5.56 Å². The van der Waals surface area contributed by atoms with Gasteiger partial charge < -0.3 is 15.1 Å². The maximum absolute atomic E-state index is 11.8. The average Bonchev–Trinajstić information content (AvgIpc) is 3.19. The van der Waals surface area contributed by atoms with Gasteiger partial charge in [0, 0.05) is 53.0 Å². The number of nitrogens with zero attached hydrogens (tertiary/aromatic N) is 2. The average molecular weight is 391 g/mol. The maximum Gasteiger partial charge on any atom is 0.275 e. The molecule has 1 aromatic carbocycles. The number of hydrogen-bond donors (Lipinski definition) is 3. The number of rotatable bonds is 5. The van der Waals surface area contributed by atoms with Crippen molar-refractivity contribution in [2.45, 2.75) is 17.5 Å². The molecule has 1 fully saturated rings. The molecule has 136 valence electrons. The second-order valence-corrected chi connectivity index (χ2v) is 8.09. The van der Waals surface area contributed by atoms with Gasteiger partial charge in [0.15, 0.2) is 0 Å². The second-order valence-electron chi connectivity index (χ2n) is 6.56. The van der Waals surface area contributed by atoms with Crippen molar-refractivity contribution < 1.29 is 5.11 Å². The second kappa shape index (κ2) is 7.44. The minimum atomic E-state index is -0.351. The zero-order chi connectivity index (χ0) is 18.1. The fourth-order valence-corrected chi connectivity index (χ4v) is 4.52. The Morgan fingerprint density at radius 2 is 2.08 bits per heavy atom.